The van der Waals surface area contributed by atoms with Crippen LogP contribution in [0.15, 0.2) is 60.3 Å². The minimum atomic E-state index is -0.825. The first-order valence-electron chi connectivity index (χ1n) is 11.2. The highest BCUT2D eigenvalue weighted by Gasteiger charge is 2.15. The number of hydrogen-bond acceptors (Lipinski definition) is 4. The van der Waals surface area contributed by atoms with E-state index in [1.54, 1.807) is 30.3 Å². The Morgan fingerprint density at radius 3 is 2.30 bits per heavy atom. The Hall–Kier alpha value is -3.61. The van der Waals surface area contributed by atoms with Gasteiger partial charge in [0.25, 0.3) is 11.8 Å². The van der Waals surface area contributed by atoms with Crippen LogP contribution in [0.25, 0.3) is 6.08 Å². The molecule has 0 radical (unpaired) electrons. The minimum absolute atomic E-state index is 0.116. The van der Waals surface area contributed by atoms with E-state index in [9.17, 15) is 14.4 Å². The molecule has 0 fully saturated rings. The molecule has 0 aliphatic rings. The average molecular weight is 453 g/mol. The zero-order chi connectivity index (χ0) is 24.1. The number of aliphatic carboxylic acids is 1. The zero-order valence-corrected chi connectivity index (χ0v) is 19.2. The Morgan fingerprint density at radius 1 is 0.970 bits per heavy atom. The van der Waals surface area contributed by atoms with Crippen molar-refractivity contribution in [3.63, 3.8) is 0 Å². The summed E-state index contributed by atoms with van der Waals surface area (Å²) in [4.78, 5) is 36.1. The highest BCUT2D eigenvalue weighted by molar-refractivity contribution is 6.05. The highest BCUT2D eigenvalue weighted by Crippen LogP contribution is 2.14. The lowest BCUT2D eigenvalue weighted by atomic mass is 10.1. The fourth-order valence-electron chi connectivity index (χ4n) is 2.91. The summed E-state index contributed by atoms with van der Waals surface area (Å²) in [5.41, 5.74) is 1.33. The first-order valence-corrected chi connectivity index (χ1v) is 11.2. The molecular formula is C26H32N2O5. The van der Waals surface area contributed by atoms with E-state index in [1.165, 1.54) is 0 Å². The molecule has 2 amide bonds. The third-order valence-corrected chi connectivity index (χ3v) is 4.66. The second-order valence-electron chi connectivity index (χ2n) is 8.11. The van der Waals surface area contributed by atoms with Crippen LogP contribution in [-0.4, -0.2) is 36.0 Å². The summed E-state index contributed by atoms with van der Waals surface area (Å²) in [6.07, 6.45) is 3.65. The number of carboxylic acid groups (broad SMARTS) is 1. The Kier molecular flexibility index (Phi) is 10.7. The van der Waals surface area contributed by atoms with Gasteiger partial charge in [-0.2, -0.15) is 0 Å². The molecular weight excluding hydrogens is 420 g/mol. The van der Waals surface area contributed by atoms with Crippen LogP contribution in [0, 0.1) is 5.92 Å². The molecule has 3 N–H and O–H groups in total. The van der Waals surface area contributed by atoms with Crippen molar-refractivity contribution >= 4 is 23.9 Å². The SMILES string of the molecule is CC(C)COc1ccc(C(=O)N/C(=C/c2ccccc2)C(=O)NCCCCCC(=O)O)cc1. The van der Waals surface area contributed by atoms with Crippen LogP contribution < -0.4 is 15.4 Å². The number of carbonyl (C=O) groups excluding carboxylic acids is 2. The molecule has 0 spiro atoms. The second-order valence-corrected chi connectivity index (χ2v) is 8.11. The predicted octanol–water partition coefficient (Wildman–Crippen LogP) is 4.25. The third kappa shape index (κ3) is 10.0. The maximum atomic E-state index is 12.8. The van der Waals surface area contributed by atoms with Gasteiger partial charge in [0.05, 0.1) is 6.61 Å². The van der Waals surface area contributed by atoms with Crippen molar-refractivity contribution in [2.45, 2.75) is 39.5 Å². The number of rotatable bonds is 13. The number of nitrogens with one attached hydrogen (secondary N) is 2. The number of carbonyl (C=O) groups is 3. The van der Waals surface area contributed by atoms with Gasteiger partial charge in [-0.3, -0.25) is 14.4 Å². The van der Waals surface area contributed by atoms with Gasteiger partial charge < -0.3 is 20.5 Å². The predicted molar refractivity (Wildman–Crippen MR) is 128 cm³/mol. The lowest BCUT2D eigenvalue weighted by molar-refractivity contribution is -0.137. The van der Waals surface area contributed by atoms with Crippen molar-refractivity contribution < 1.29 is 24.2 Å². The van der Waals surface area contributed by atoms with Gasteiger partial charge in [0.2, 0.25) is 0 Å². The highest BCUT2D eigenvalue weighted by atomic mass is 16.5. The smallest absolute Gasteiger partial charge is 0.303 e. The summed E-state index contributed by atoms with van der Waals surface area (Å²) in [7, 11) is 0. The van der Waals surface area contributed by atoms with Crippen LogP contribution in [0.2, 0.25) is 0 Å². The molecule has 2 aromatic rings. The van der Waals surface area contributed by atoms with E-state index in [2.05, 4.69) is 24.5 Å². The first-order chi connectivity index (χ1) is 15.8. The standard InChI is InChI=1S/C26H32N2O5/c1-19(2)18-33-22-14-12-21(13-15-22)25(31)28-23(17-20-9-5-3-6-10-20)26(32)27-16-8-4-7-11-24(29)30/h3,5-6,9-10,12-15,17,19H,4,7-8,11,16,18H2,1-2H3,(H,27,32)(H,28,31)(H,29,30)/b23-17+. The summed E-state index contributed by atoms with van der Waals surface area (Å²) in [5, 5.41) is 14.2. The molecule has 0 heterocycles. The number of amides is 2. The Labute approximate surface area is 194 Å². The molecule has 0 saturated heterocycles. The van der Waals surface area contributed by atoms with Gasteiger partial charge in [0.1, 0.15) is 11.4 Å². The summed E-state index contributed by atoms with van der Waals surface area (Å²) in [6.45, 7) is 5.10. The van der Waals surface area contributed by atoms with Gasteiger partial charge in [-0.15, -0.1) is 0 Å². The van der Waals surface area contributed by atoms with E-state index in [0.29, 0.717) is 49.6 Å². The van der Waals surface area contributed by atoms with E-state index >= 15 is 0 Å². The number of benzene rings is 2. The molecule has 7 heteroatoms. The molecule has 0 aromatic heterocycles. The van der Waals surface area contributed by atoms with Crippen molar-refractivity contribution in [2.24, 2.45) is 5.92 Å². The number of ether oxygens (including phenoxy) is 1. The van der Waals surface area contributed by atoms with Crippen LogP contribution in [-0.2, 0) is 9.59 Å². The second kappa shape index (κ2) is 13.7. The van der Waals surface area contributed by atoms with Gasteiger partial charge >= 0.3 is 5.97 Å². The maximum absolute atomic E-state index is 12.8. The largest absolute Gasteiger partial charge is 0.493 e. The van der Waals surface area contributed by atoms with Crippen LogP contribution in [0.4, 0.5) is 0 Å². The Balaban J connectivity index is 2.01. The quantitative estimate of drug-likeness (QED) is 0.311. The monoisotopic (exact) mass is 452 g/mol. The van der Waals surface area contributed by atoms with Crippen LogP contribution in [0.1, 0.15) is 55.5 Å². The third-order valence-electron chi connectivity index (χ3n) is 4.66. The molecule has 0 bridgehead atoms. The lowest BCUT2D eigenvalue weighted by Crippen LogP contribution is -2.35. The zero-order valence-electron chi connectivity index (χ0n) is 19.2. The molecule has 7 nitrogen and oxygen atoms in total. The van der Waals surface area contributed by atoms with Crippen LogP contribution >= 0.6 is 0 Å². The first kappa shape index (κ1) is 25.6. The number of carboxylic acids is 1. The molecule has 0 aliphatic heterocycles. The lowest BCUT2D eigenvalue weighted by Gasteiger charge is -2.12. The van der Waals surface area contributed by atoms with E-state index in [4.69, 9.17) is 9.84 Å². The topological polar surface area (TPSA) is 105 Å². The molecule has 0 atom stereocenters. The number of unbranched alkanes of at least 4 members (excludes halogenated alkanes) is 2. The van der Waals surface area contributed by atoms with Gasteiger partial charge in [-0.25, -0.2) is 0 Å². The van der Waals surface area contributed by atoms with Gasteiger partial charge in [-0.1, -0.05) is 50.6 Å². The Morgan fingerprint density at radius 2 is 1.67 bits per heavy atom. The van der Waals surface area contributed by atoms with Gasteiger partial charge in [0, 0.05) is 18.5 Å². The molecule has 176 valence electrons. The molecule has 0 unspecified atom stereocenters. The van der Waals surface area contributed by atoms with E-state index in [1.807, 2.05) is 30.3 Å². The van der Waals surface area contributed by atoms with Crippen molar-refractivity contribution in [1.82, 2.24) is 10.6 Å². The maximum Gasteiger partial charge on any atom is 0.303 e. The van der Waals surface area contributed by atoms with Gasteiger partial charge in [0.15, 0.2) is 0 Å². The van der Waals surface area contributed by atoms with Crippen LogP contribution in [0.3, 0.4) is 0 Å². The molecule has 0 aliphatic carbocycles. The Bertz CT molecular complexity index is 937. The fourth-order valence-corrected chi connectivity index (χ4v) is 2.91. The summed E-state index contributed by atoms with van der Waals surface area (Å²) in [6, 6.07) is 16.0. The minimum Gasteiger partial charge on any atom is -0.493 e. The fraction of sp³-hybridized carbons (Fsp3) is 0.346. The molecule has 2 aromatic carbocycles. The average Bonchev–Trinajstić information content (AvgIpc) is 2.80. The van der Waals surface area contributed by atoms with Crippen molar-refractivity contribution in [2.75, 3.05) is 13.2 Å². The molecule has 33 heavy (non-hydrogen) atoms. The molecule has 0 saturated carbocycles. The van der Waals surface area contributed by atoms with Crippen molar-refractivity contribution in [3.05, 3.63) is 71.4 Å². The summed E-state index contributed by atoms with van der Waals surface area (Å²) in [5.74, 6) is -0.545. The van der Waals surface area contributed by atoms with E-state index in [0.717, 1.165) is 5.56 Å². The molecule has 2 rings (SSSR count). The van der Waals surface area contributed by atoms with E-state index < -0.39 is 17.8 Å². The van der Waals surface area contributed by atoms with Crippen LogP contribution in [0.5, 0.6) is 5.75 Å². The summed E-state index contributed by atoms with van der Waals surface area (Å²) >= 11 is 0. The normalized spacial score (nSPS) is 11.2. The number of hydrogen-bond donors (Lipinski definition) is 3. The summed E-state index contributed by atoms with van der Waals surface area (Å²) < 4.78 is 5.65. The van der Waals surface area contributed by atoms with Crippen molar-refractivity contribution in [1.29, 1.82) is 0 Å². The van der Waals surface area contributed by atoms with Crippen molar-refractivity contribution in [3.8, 4) is 5.75 Å². The van der Waals surface area contributed by atoms with Gasteiger partial charge in [-0.05, 0) is 54.7 Å². The van der Waals surface area contributed by atoms with E-state index in [-0.39, 0.29) is 12.1 Å².